The van der Waals surface area contributed by atoms with E-state index < -0.39 is 0 Å². The highest BCUT2D eigenvalue weighted by molar-refractivity contribution is 5.89. The van der Waals surface area contributed by atoms with Crippen LogP contribution in [0.3, 0.4) is 0 Å². The van der Waals surface area contributed by atoms with Crippen molar-refractivity contribution in [2.24, 2.45) is 0 Å². The number of rotatable bonds is 6. The Morgan fingerprint density at radius 3 is 2.94 bits per heavy atom. The molecule has 0 saturated heterocycles. The van der Waals surface area contributed by atoms with Crippen molar-refractivity contribution in [1.82, 2.24) is 10.1 Å². The summed E-state index contributed by atoms with van der Waals surface area (Å²) in [4.78, 5) is 13.5. The van der Waals surface area contributed by atoms with Crippen LogP contribution in [0.25, 0.3) is 0 Å². The summed E-state index contributed by atoms with van der Waals surface area (Å²) < 4.78 is 4.84. The first-order valence-electron chi connectivity index (χ1n) is 5.57. The molecule has 6 heteroatoms. The second kappa shape index (κ2) is 6.36. The molecular weight excluding hydrogens is 222 g/mol. The summed E-state index contributed by atoms with van der Waals surface area (Å²) in [5.41, 5.74) is 0. The van der Waals surface area contributed by atoms with Crippen molar-refractivity contribution >= 4 is 11.7 Å². The molecule has 1 heterocycles. The van der Waals surface area contributed by atoms with Crippen molar-refractivity contribution in [3.63, 3.8) is 0 Å². The number of aliphatic hydroxyl groups excluding tert-OH is 1. The molecule has 6 nitrogen and oxygen atoms in total. The van der Waals surface area contributed by atoms with Crippen LogP contribution in [0.4, 0.5) is 5.82 Å². The van der Waals surface area contributed by atoms with E-state index in [1.54, 1.807) is 13.0 Å². The molecular formula is C11H19N3O3. The Labute approximate surface area is 101 Å². The third kappa shape index (κ3) is 4.54. The number of nitrogens with one attached hydrogen (secondary N) is 1. The van der Waals surface area contributed by atoms with Gasteiger partial charge in [-0.2, -0.15) is 0 Å². The number of likely N-dealkylation sites (N-methyl/N-ethyl adjacent to an activating group) is 1. The van der Waals surface area contributed by atoms with Crippen molar-refractivity contribution in [3.8, 4) is 0 Å². The van der Waals surface area contributed by atoms with Gasteiger partial charge in [0.25, 0.3) is 0 Å². The topological polar surface area (TPSA) is 78.6 Å². The Hall–Kier alpha value is -1.40. The molecule has 0 radical (unpaired) electrons. The van der Waals surface area contributed by atoms with E-state index in [4.69, 9.17) is 9.63 Å². The Morgan fingerprint density at radius 2 is 2.41 bits per heavy atom. The van der Waals surface area contributed by atoms with E-state index in [2.05, 4.69) is 10.5 Å². The Morgan fingerprint density at radius 1 is 1.71 bits per heavy atom. The van der Waals surface area contributed by atoms with Crippen molar-refractivity contribution in [2.75, 3.05) is 25.5 Å². The monoisotopic (exact) mass is 241 g/mol. The number of aryl methyl sites for hydroxylation is 1. The molecule has 1 aromatic rings. The number of hydrogen-bond donors (Lipinski definition) is 2. The van der Waals surface area contributed by atoms with Gasteiger partial charge in [-0.15, -0.1) is 0 Å². The molecule has 1 rings (SSSR count). The number of nitrogens with zero attached hydrogens (tertiary/aromatic N) is 2. The van der Waals surface area contributed by atoms with Crippen LogP contribution < -0.4 is 5.32 Å². The lowest BCUT2D eigenvalue weighted by atomic mass is 10.3. The zero-order valence-electron chi connectivity index (χ0n) is 10.4. The Kier molecular flexibility index (Phi) is 5.11. The molecule has 0 aliphatic rings. The average Bonchev–Trinajstić information content (AvgIpc) is 2.70. The first-order chi connectivity index (χ1) is 8.02. The lowest BCUT2D eigenvalue weighted by molar-refractivity contribution is -0.116. The molecule has 0 aliphatic carbocycles. The van der Waals surface area contributed by atoms with Crippen molar-refractivity contribution in [1.29, 1.82) is 0 Å². The molecule has 1 atom stereocenters. The van der Waals surface area contributed by atoms with Crippen LogP contribution in [0.5, 0.6) is 0 Å². The predicted octanol–water partition coefficient (Wildman–Crippen LogP) is 0.624. The summed E-state index contributed by atoms with van der Waals surface area (Å²) >= 11 is 0. The summed E-state index contributed by atoms with van der Waals surface area (Å²) in [6, 6.07) is 1.72. The lowest BCUT2D eigenvalue weighted by Gasteiger charge is -2.22. The van der Waals surface area contributed by atoms with Gasteiger partial charge in [0.05, 0.1) is 6.61 Å². The van der Waals surface area contributed by atoms with E-state index in [1.807, 2.05) is 18.9 Å². The van der Waals surface area contributed by atoms with E-state index in [1.165, 1.54) is 0 Å². The van der Waals surface area contributed by atoms with Crippen LogP contribution in [0, 0.1) is 6.92 Å². The van der Waals surface area contributed by atoms with E-state index in [0.29, 0.717) is 24.5 Å². The van der Waals surface area contributed by atoms with E-state index in [9.17, 15) is 4.79 Å². The molecule has 0 bridgehead atoms. The second-order valence-electron chi connectivity index (χ2n) is 4.13. The maximum atomic E-state index is 11.6. The zero-order valence-corrected chi connectivity index (χ0v) is 10.4. The molecule has 0 aliphatic heterocycles. The normalized spacial score (nSPS) is 12.8. The van der Waals surface area contributed by atoms with E-state index >= 15 is 0 Å². The third-order valence-electron chi connectivity index (χ3n) is 2.60. The van der Waals surface area contributed by atoms with Gasteiger partial charge < -0.3 is 19.8 Å². The van der Waals surface area contributed by atoms with Gasteiger partial charge in [-0.1, -0.05) is 5.16 Å². The molecule has 0 unspecified atom stereocenters. The fraction of sp³-hybridized carbons (Fsp3) is 0.636. The highest BCUT2D eigenvalue weighted by atomic mass is 16.5. The summed E-state index contributed by atoms with van der Waals surface area (Å²) in [6.45, 7) is 4.34. The fourth-order valence-corrected chi connectivity index (χ4v) is 1.27. The molecule has 1 aromatic heterocycles. The van der Waals surface area contributed by atoms with E-state index in [-0.39, 0.29) is 18.6 Å². The third-order valence-corrected chi connectivity index (χ3v) is 2.60. The van der Waals surface area contributed by atoms with Crippen molar-refractivity contribution in [2.45, 2.75) is 26.3 Å². The van der Waals surface area contributed by atoms with Gasteiger partial charge in [-0.3, -0.25) is 4.79 Å². The number of carbonyl (C=O) groups is 1. The molecule has 1 amide bonds. The SMILES string of the molecule is Cc1cc(NC(=O)CCN(C)[C@@H](C)CO)no1. The van der Waals surface area contributed by atoms with Crippen molar-refractivity contribution < 1.29 is 14.4 Å². The first-order valence-corrected chi connectivity index (χ1v) is 5.57. The molecule has 96 valence electrons. The smallest absolute Gasteiger partial charge is 0.226 e. The summed E-state index contributed by atoms with van der Waals surface area (Å²) in [7, 11) is 1.87. The highest BCUT2D eigenvalue weighted by Crippen LogP contribution is 2.07. The van der Waals surface area contributed by atoms with Crippen LogP contribution in [0.2, 0.25) is 0 Å². The molecule has 0 saturated carbocycles. The van der Waals surface area contributed by atoms with Gasteiger partial charge in [-0.25, -0.2) is 0 Å². The van der Waals surface area contributed by atoms with Gasteiger partial charge in [0, 0.05) is 25.1 Å². The fourth-order valence-electron chi connectivity index (χ4n) is 1.27. The van der Waals surface area contributed by atoms with Gasteiger partial charge in [0.1, 0.15) is 5.76 Å². The van der Waals surface area contributed by atoms with Crippen LogP contribution in [-0.4, -0.2) is 47.3 Å². The minimum absolute atomic E-state index is 0.0529. The number of anilines is 1. The van der Waals surface area contributed by atoms with E-state index in [0.717, 1.165) is 0 Å². The van der Waals surface area contributed by atoms with Crippen LogP contribution in [0.1, 0.15) is 19.1 Å². The maximum absolute atomic E-state index is 11.6. The second-order valence-corrected chi connectivity index (χ2v) is 4.13. The maximum Gasteiger partial charge on any atom is 0.226 e. The number of carbonyl (C=O) groups excluding carboxylic acids is 1. The minimum Gasteiger partial charge on any atom is -0.395 e. The average molecular weight is 241 g/mol. The molecule has 17 heavy (non-hydrogen) atoms. The highest BCUT2D eigenvalue weighted by Gasteiger charge is 2.11. The number of aliphatic hydroxyl groups is 1. The van der Waals surface area contributed by atoms with Crippen LogP contribution in [-0.2, 0) is 4.79 Å². The van der Waals surface area contributed by atoms with Crippen LogP contribution in [0.15, 0.2) is 10.6 Å². The van der Waals surface area contributed by atoms with Gasteiger partial charge in [0.15, 0.2) is 5.82 Å². The number of amides is 1. The quantitative estimate of drug-likeness (QED) is 0.763. The van der Waals surface area contributed by atoms with Crippen LogP contribution >= 0.6 is 0 Å². The first kappa shape index (κ1) is 13.7. The standard InChI is InChI=1S/C11H19N3O3/c1-8(7-15)14(3)5-4-11(16)12-10-6-9(2)17-13-10/h6,8,15H,4-5,7H2,1-3H3,(H,12,13,16)/t8-/m0/s1. The summed E-state index contributed by atoms with van der Waals surface area (Å²) in [6.07, 6.45) is 0.354. The van der Waals surface area contributed by atoms with Gasteiger partial charge >= 0.3 is 0 Å². The molecule has 0 fully saturated rings. The molecule has 0 aromatic carbocycles. The summed E-state index contributed by atoms with van der Waals surface area (Å²) in [5.74, 6) is 0.979. The minimum atomic E-state index is -0.115. The number of aromatic nitrogens is 1. The lowest BCUT2D eigenvalue weighted by Crippen LogP contribution is -2.34. The molecule has 0 spiro atoms. The largest absolute Gasteiger partial charge is 0.395 e. The van der Waals surface area contributed by atoms with Gasteiger partial charge in [-0.05, 0) is 20.9 Å². The summed E-state index contributed by atoms with van der Waals surface area (Å²) in [5, 5.41) is 15.3. The van der Waals surface area contributed by atoms with Gasteiger partial charge in [0.2, 0.25) is 5.91 Å². The predicted molar refractivity (Wildman–Crippen MR) is 63.7 cm³/mol. The molecule has 2 N–H and O–H groups in total. The van der Waals surface area contributed by atoms with Crippen molar-refractivity contribution in [3.05, 3.63) is 11.8 Å². The Balaban J connectivity index is 2.30. The Bertz CT molecular complexity index is 365. The zero-order chi connectivity index (χ0) is 12.8. The number of hydrogen-bond acceptors (Lipinski definition) is 5.